The van der Waals surface area contributed by atoms with E-state index in [1.807, 2.05) is 0 Å². The molecule has 1 amide bonds. The molecule has 0 bridgehead atoms. The van der Waals surface area contributed by atoms with E-state index >= 15 is 0 Å². The summed E-state index contributed by atoms with van der Waals surface area (Å²) < 4.78 is 10.0. The van der Waals surface area contributed by atoms with Gasteiger partial charge in [0.15, 0.2) is 5.60 Å². The predicted octanol–water partition coefficient (Wildman–Crippen LogP) is 0.485. The Kier molecular flexibility index (Phi) is 3.89. The first kappa shape index (κ1) is 12.5. The Morgan fingerprint density at radius 1 is 1.69 bits per heavy atom. The molecule has 1 unspecified atom stereocenters. The van der Waals surface area contributed by atoms with Crippen molar-refractivity contribution in [2.24, 2.45) is 0 Å². The number of rotatable bonds is 3. The first-order valence-electron chi connectivity index (χ1n) is 4.87. The quantitative estimate of drug-likeness (QED) is 0.563. The van der Waals surface area contributed by atoms with Crippen LogP contribution in [0.25, 0.3) is 0 Å². The van der Waals surface area contributed by atoms with Crippen molar-refractivity contribution in [3.05, 3.63) is 12.7 Å². The lowest BCUT2D eigenvalue weighted by Crippen LogP contribution is -2.57. The SMILES string of the molecule is C=CCC1(C(=O)OC)CN(C(=O)O)CCO1. The Hall–Kier alpha value is -1.56. The number of esters is 1. The highest BCUT2D eigenvalue weighted by molar-refractivity contribution is 5.81. The maximum Gasteiger partial charge on any atom is 0.407 e. The van der Waals surface area contributed by atoms with Crippen LogP contribution >= 0.6 is 0 Å². The van der Waals surface area contributed by atoms with Crippen molar-refractivity contribution in [2.75, 3.05) is 26.8 Å². The number of ether oxygens (including phenoxy) is 2. The van der Waals surface area contributed by atoms with Crippen LogP contribution in [0.4, 0.5) is 4.79 Å². The molecule has 1 fully saturated rings. The highest BCUT2D eigenvalue weighted by atomic mass is 16.6. The smallest absolute Gasteiger partial charge is 0.407 e. The average molecular weight is 229 g/mol. The zero-order chi connectivity index (χ0) is 12.2. The highest BCUT2D eigenvalue weighted by Gasteiger charge is 2.45. The summed E-state index contributed by atoms with van der Waals surface area (Å²) in [4.78, 5) is 23.6. The van der Waals surface area contributed by atoms with Crippen LogP contribution in [-0.2, 0) is 14.3 Å². The lowest BCUT2D eigenvalue weighted by molar-refractivity contribution is -0.178. The molecule has 1 rings (SSSR count). The minimum atomic E-state index is -1.24. The van der Waals surface area contributed by atoms with E-state index in [2.05, 4.69) is 11.3 Å². The first-order chi connectivity index (χ1) is 7.55. The summed E-state index contributed by atoms with van der Waals surface area (Å²) in [6, 6.07) is 0. The average Bonchev–Trinajstić information content (AvgIpc) is 2.28. The van der Waals surface area contributed by atoms with Crippen molar-refractivity contribution in [1.29, 1.82) is 0 Å². The molecule has 6 heteroatoms. The van der Waals surface area contributed by atoms with Crippen LogP contribution in [-0.4, -0.2) is 54.5 Å². The summed E-state index contributed by atoms with van der Waals surface area (Å²) in [6.07, 6.45) is 0.673. The van der Waals surface area contributed by atoms with Crippen LogP contribution < -0.4 is 0 Å². The first-order valence-corrected chi connectivity index (χ1v) is 4.87. The van der Waals surface area contributed by atoms with Gasteiger partial charge in [0.25, 0.3) is 0 Å². The summed E-state index contributed by atoms with van der Waals surface area (Å²) in [5.41, 5.74) is -1.24. The Balaban J connectivity index is 2.87. The number of carbonyl (C=O) groups is 2. The number of carboxylic acid groups (broad SMARTS) is 1. The van der Waals surface area contributed by atoms with Crippen LogP contribution in [0.1, 0.15) is 6.42 Å². The third-order valence-electron chi connectivity index (χ3n) is 2.49. The van der Waals surface area contributed by atoms with Gasteiger partial charge in [-0.25, -0.2) is 9.59 Å². The van der Waals surface area contributed by atoms with Gasteiger partial charge in [-0.2, -0.15) is 0 Å². The van der Waals surface area contributed by atoms with Gasteiger partial charge in [0.1, 0.15) is 0 Å². The third-order valence-corrected chi connectivity index (χ3v) is 2.49. The Morgan fingerprint density at radius 3 is 2.88 bits per heavy atom. The van der Waals surface area contributed by atoms with Crippen LogP contribution in [0, 0.1) is 0 Å². The van der Waals surface area contributed by atoms with Crippen molar-refractivity contribution in [1.82, 2.24) is 4.90 Å². The van der Waals surface area contributed by atoms with Gasteiger partial charge in [0, 0.05) is 13.0 Å². The van der Waals surface area contributed by atoms with Gasteiger partial charge in [-0.05, 0) is 0 Å². The Labute approximate surface area is 93.4 Å². The molecule has 1 atom stereocenters. The molecular weight excluding hydrogens is 214 g/mol. The van der Waals surface area contributed by atoms with Gasteiger partial charge in [-0.1, -0.05) is 6.08 Å². The van der Waals surface area contributed by atoms with Crippen LogP contribution in [0.5, 0.6) is 0 Å². The van der Waals surface area contributed by atoms with Crippen molar-refractivity contribution in [3.63, 3.8) is 0 Å². The molecule has 0 aromatic heterocycles. The van der Waals surface area contributed by atoms with E-state index in [0.717, 1.165) is 4.90 Å². The Bertz CT molecular complexity index is 304. The number of hydrogen-bond donors (Lipinski definition) is 1. The molecule has 0 spiro atoms. The second kappa shape index (κ2) is 4.98. The highest BCUT2D eigenvalue weighted by Crippen LogP contribution is 2.24. The zero-order valence-corrected chi connectivity index (χ0v) is 9.14. The van der Waals surface area contributed by atoms with Gasteiger partial charge in [-0.3, -0.25) is 0 Å². The van der Waals surface area contributed by atoms with E-state index in [1.165, 1.54) is 13.2 Å². The lowest BCUT2D eigenvalue weighted by Gasteiger charge is -2.38. The summed E-state index contributed by atoms with van der Waals surface area (Å²) in [7, 11) is 1.25. The molecule has 1 aliphatic heterocycles. The summed E-state index contributed by atoms with van der Waals surface area (Å²) in [5, 5.41) is 8.89. The molecule has 0 aliphatic carbocycles. The van der Waals surface area contributed by atoms with Crippen molar-refractivity contribution >= 4 is 12.1 Å². The number of morpholine rings is 1. The normalized spacial score (nSPS) is 24.9. The summed E-state index contributed by atoms with van der Waals surface area (Å²) in [5.74, 6) is -0.571. The molecule has 1 N–H and O–H groups in total. The lowest BCUT2D eigenvalue weighted by atomic mass is 9.97. The Morgan fingerprint density at radius 2 is 2.38 bits per heavy atom. The van der Waals surface area contributed by atoms with Crippen molar-refractivity contribution < 1.29 is 24.2 Å². The van der Waals surface area contributed by atoms with Gasteiger partial charge in [-0.15, -0.1) is 6.58 Å². The molecule has 90 valence electrons. The topological polar surface area (TPSA) is 76.1 Å². The number of amides is 1. The molecule has 0 aromatic rings. The molecule has 6 nitrogen and oxygen atoms in total. The molecule has 0 saturated carbocycles. The second-order valence-electron chi connectivity index (χ2n) is 3.53. The van der Waals surface area contributed by atoms with E-state index < -0.39 is 17.7 Å². The van der Waals surface area contributed by atoms with Crippen LogP contribution in [0.3, 0.4) is 0 Å². The molecule has 16 heavy (non-hydrogen) atoms. The molecule has 0 aromatic carbocycles. The van der Waals surface area contributed by atoms with Gasteiger partial charge >= 0.3 is 12.1 Å². The molecule has 1 saturated heterocycles. The van der Waals surface area contributed by atoms with Gasteiger partial charge in [0.2, 0.25) is 0 Å². The van der Waals surface area contributed by atoms with E-state index in [9.17, 15) is 9.59 Å². The standard InChI is InChI=1S/C10H15NO5/c1-3-4-10(8(12)15-2)7-11(9(13)14)5-6-16-10/h3H,1,4-7H2,2H3,(H,13,14). The van der Waals surface area contributed by atoms with Crippen LogP contribution in [0.15, 0.2) is 12.7 Å². The minimum absolute atomic E-state index is 0.0268. The molecule has 1 aliphatic rings. The number of nitrogens with zero attached hydrogens (tertiary/aromatic N) is 1. The maximum absolute atomic E-state index is 11.6. The van der Waals surface area contributed by atoms with E-state index in [-0.39, 0.29) is 26.1 Å². The third kappa shape index (κ3) is 2.33. The van der Waals surface area contributed by atoms with E-state index in [1.54, 1.807) is 0 Å². The van der Waals surface area contributed by atoms with Crippen LogP contribution in [0.2, 0.25) is 0 Å². The molecule has 0 radical (unpaired) electrons. The monoisotopic (exact) mass is 229 g/mol. The maximum atomic E-state index is 11.6. The fraction of sp³-hybridized carbons (Fsp3) is 0.600. The fourth-order valence-corrected chi connectivity index (χ4v) is 1.70. The number of carbonyl (C=O) groups excluding carboxylic acids is 1. The second-order valence-corrected chi connectivity index (χ2v) is 3.53. The largest absolute Gasteiger partial charge is 0.467 e. The predicted molar refractivity (Wildman–Crippen MR) is 55.1 cm³/mol. The summed E-state index contributed by atoms with van der Waals surface area (Å²) >= 11 is 0. The number of hydrogen-bond acceptors (Lipinski definition) is 4. The minimum Gasteiger partial charge on any atom is -0.467 e. The molecular formula is C10H15NO5. The van der Waals surface area contributed by atoms with E-state index in [0.29, 0.717) is 0 Å². The van der Waals surface area contributed by atoms with Gasteiger partial charge < -0.3 is 19.5 Å². The fourth-order valence-electron chi connectivity index (χ4n) is 1.70. The summed E-state index contributed by atoms with van der Waals surface area (Å²) in [6.45, 7) is 3.94. The van der Waals surface area contributed by atoms with Gasteiger partial charge in [0.05, 0.1) is 20.3 Å². The van der Waals surface area contributed by atoms with E-state index in [4.69, 9.17) is 9.84 Å². The van der Waals surface area contributed by atoms with Crippen molar-refractivity contribution in [2.45, 2.75) is 12.0 Å². The number of methoxy groups -OCH3 is 1. The molecule has 1 heterocycles. The zero-order valence-electron chi connectivity index (χ0n) is 9.14. The van der Waals surface area contributed by atoms with Crippen molar-refractivity contribution in [3.8, 4) is 0 Å².